The van der Waals surface area contributed by atoms with Gasteiger partial charge in [-0.1, -0.05) is 6.92 Å². The van der Waals surface area contributed by atoms with Gasteiger partial charge in [0.05, 0.1) is 0 Å². The molecular formula is C8H19Cl3NTi. The molecule has 0 N–H and O–H groups in total. The Morgan fingerprint density at radius 3 is 1.23 bits per heavy atom. The first-order valence-electron chi connectivity index (χ1n) is 4.42. The Bertz CT molecular complexity index is 98.8. The van der Waals surface area contributed by atoms with Crippen molar-refractivity contribution in [3.8, 4) is 0 Å². The molecule has 0 aliphatic heterocycles. The van der Waals surface area contributed by atoms with Crippen LogP contribution in [0, 0.1) is 0 Å². The van der Waals surface area contributed by atoms with Gasteiger partial charge in [-0.05, 0) is 34.2 Å². The minimum absolute atomic E-state index is 0.690. The summed E-state index contributed by atoms with van der Waals surface area (Å²) >= 11 is -1.92. The van der Waals surface area contributed by atoms with Gasteiger partial charge in [-0.2, -0.15) is 0 Å². The van der Waals surface area contributed by atoms with Crippen molar-refractivity contribution in [3.63, 3.8) is 0 Å². The molecule has 0 aromatic rings. The summed E-state index contributed by atoms with van der Waals surface area (Å²) in [5.41, 5.74) is 0. The quantitative estimate of drug-likeness (QED) is 0.702. The molecule has 0 spiro atoms. The van der Waals surface area contributed by atoms with Gasteiger partial charge in [-0.15, -0.1) is 0 Å². The molecule has 0 aliphatic rings. The Morgan fingerprint density at radius 2 is 1.23 bits per heavy atom. The zero-order valence-corrected chi connectivity index (χ0v) is 12.8. The Morgan fingerprint density at radius 1 is 1.00 bits per heavy atom. The zero-order chi connectivity index (χ0) is 11.0. The van der Waals surface area contributed by atoms with Crippen LogP contribution in [0.5, 0.6) is 0 Å². The van der Waals surface area contributed by atoms with E-state index in [-0.39, 0.29) is 0 Å². The van der Waals surface area contributed by atoms with Crippen molar-refractivity contribution < 1.29 is 14.7 Å². The molecule has 0 saturated heterocycles. The van der Waals surface area contributed by atoms with Crippen LogP contribution in [-0.2, 0) is 14.7 Å². The third-order valence-corrected chi connectivity index (χ3v) is 1.69. The summed E-state index contributed by atoms with van der Waals surface area (Å²) in [5, 5.41) is 0. The average Bonchev–Trinajstić information content (AvgIpc) is 1.84. The molecule has 13 heavy (non-hydrogen) atoms. The monoisotopic (exact) mass is 282 g/mol. The standard InChI is InChI=1S/C8H19N.3ClH.Ti/c1-6-9(7(2)3)8(4)5;;;;/h7-8H,6H2,1-5H3;3*1H;/q;;;;+3/p-3. The molecule has 0 radical (unpaired) electrons. The maximum absolute atomic E-state index is 4.97. The van der Waals surface area contributed by atoms with Crippen molar-refractivity contribution in [1.82, 2.24) is 4.90 Å². The third kappa shape index (κ3) is 13.5. The van der Waals surface area contributed by atoms with Gasteiger partial charge >= 0.3 is 42.6 Å². The fraction of sp³-hybridized carbons (Fsp3) is 1.00. The van der Waals surface area contributed by atoms with E-state index in [0.717, 1.165) is 6.54 Å². The predicted molar refractivity (Wildman–Crippen MR) is 60.2 cm³/mol. The molecule has 1 nitrogen and oxygen atoms in total. The zero-order valence-electron chi connectivity index (χ0n) is 8.94. The number of halogens is 3. The second-order valence-electron chi connectivity index (χ2n) is 3.23. The SMILES string of the molecule is CCN(C(C)C)C(C)C.[Cl][Ti]([Cl])[Cl]. The van der Waals surface area contributed by atoms with Crippen LogP contribution in [0.3, 0.4) is 0 Å². The molecule has 5 heteroatoms. The van der Waals surface area contributed by atoms with Gasteiger partial charge in [0, 0.05) is 12.1 Å². The number of hydrogen-bond donors (Lipinski definition) is 0. The van der Waals surface area contributed by atoms with Gasteiger partial charge in [0.1, 0.15) is 0 Å². The van der Waals surface area contributed by atoms with Crippen LogP contribution >= 0.6 is 27.9 Å². The van der Waals surface area contributed by atoms with Gasteiger partial charge in [-0.3, -0.25) is 4.90 Å². The Balaban J connectivity index is 0. The fourth-order valence-corrected chi connectivity index (χ4v) is 1.33. The predicted octanol–water partition coefficient (Wildman–Crippen LogP) is 4.19. The summed E-state index contributed by atoms with van der Waals surface area (Å²) in [6, 6.07) is 1.38. The van der Waals surface area contributed by atoms with E-state index in [1.165, 1.54) is 0 Å². The van der Waals surface area contributed by atoms with Crippen LogP contribution in [0.4, 0.5) is 0 Å². The fourth-order valence-electron chi connectivity index (χ4n) is 1.33. The first-order valence-corrected chi connectivity index (χ1v) is 10.9. The summed E-state index contributed by atoms with van der Waals surface area (Å²) in [6.07, 6.45) is 0. The molecule has 0 fully saturated rings. The molecular weight excluding hydrogens is 264 g/mol. The van der Waals surface area contributed by atoms with Crippen molar-refractivity contribution in [2.45, 2.75) is 46.7 Å². The van der Waals surface area contributed by atoms with Crippen molar-refractivity contribution in [1.29, 1.82) is 0 Å². The van der Waals surface area contributed by atoms with Crippen molar-refractivity contribution >= 4 is 27.9 Å². The van der Waals surface area contributed by atoms with E-state index in [4.69, 9.17) is 27.9 Å². The van der Waals surface area contributed by atoms with Crippen LogP contribution in [0.15, 0.2) is 0 Å². The molecule has 0 amide bonds. The molecule has 0 saturated carbocycles. The molecule has 0 aromatic heterocycles. The second-order valence-corrected chi connectivity index (χ2v) is 11.0. The minimum atomic E-state index is -1.92. The summed E-state index contributed by atoms with van der Waals surface area (Å²) in [7, 11) is 14.9. The molecule has 0 heterocycles. The number of rotatable bonds is 3. The summed E-state index contributed by atoms with van der Waals surface area (Å²) in [4.78, 5) is 2.46. The van der Waals surface area contributed by atoms with Crippen LogP contribution < -0.4 is 0 Å². The Labute approximate surface area is 100 Å². The average molecular weight is 283 g/mol. The molecule has 0 unspecified atom stereocenters. The normalized spacial score (nSPS) is 10.4. The van der Waals surface area contributed by atoms with Gasteiger partial charge in [-0.25, -0.2) is 0 Å². The van der Waals surface area contributed by atoms with E-state index in [2.05, 4.69) is 39.5 Å². The van der Waals surface area contributed by atoms with Crippen molar-refractivity contribution in [2.75, 3.05) is 6.54 Å². The van der Waals surface area contributed by atoms with Gasteiger partial charge in [0.25, 0.3) is 0 Å². The van der Waals surface area contributed by atoms with Gasteiger partial charge < -0.3 is 0 Å². The molecule has 0 rings (SSSR count). The molecule has 0 atom stereocenters. The Hall–Kier alpha value is 1.54. The molecule has 0 bridgehead atoms. The number of nitrogens with zero attached hydrogens (tertiary/aromatic N) is 1. The van der Waals surface area contributed by atoms with E-state index in [9.17, 15) is 0 Å². The van der Waals surface area contributed by atoms with Crippen LogP contribution in [0.2, 0.25) is 0 Å². The summed E-state index contributed by atoms with van der Waals surface area (Å²) < 4.78 is 0. The van der Waals surface area contributed by atoms with E-state index < -0.39 is 14.7 Å². The first-order chi connectivity index (χ1) is 5.82. The first kappa shape index (κ1) is 17.0. The number of hydrogen-bond acceptors (Lipinski definition) is 1. The van der Waals surface area contributed by atoms with E-state index >= 15 is 0 Å². The summed E-state index contributed by atoms with van der Waals surface area (Å²) in [5.74, 6) is 0. The van der Waals surface area contributed by atoms with Crippen molar-refractivity contribution in [2.24, 2.45) is 0 Å². The van der Waals surface area contributed by atoms with Crippen molar-refractivity contribution in [3.05, 3.63) is 0 Å². The van der Waals surface area contributed by atoms with E-state index in [1.54, 1.807) is 0 Å². The molecule has 81 valence electrons. The molecule has 0 aromatic carbocycles. The maximum atomic E-state index is 4.97. The topological polar surface area (TPSA) is 3.24 Å². The molecule has 0 aliphatic carbocycles. The summed E-state index contributed by atoms with van der Waals surface area (Å²) in [6.45, 7) is 12.3. The third-order valence-electron chi connectivity index (χ3n) is 1.69. The second kappa shape index (κ2) is 10.1. The van der Waals surface area contributed by atoms with E-state index in [1.807, 2.05) is 0 Å². The van der Waals surface area contributed by atoms with Gasteiger partial charge in [0.15, 0.2) is 0 Å². The van der Waals surface area contributed by atoms with E-state index in [0.29, 0.717) is 12.1 Å². The van der Waals surface area contributed by atoms with Gasteiger partial charge in [0.2, 0.25) is 0 Å². The van der Waals surface area contributed by atoms with Crippen LogP contribution in [0.1, 0.15) is 34.6 Å². The van der Waals surface area contributed by atoms with Crippen LogP contribution in [0.25, 0.3) is 0 Å². The van der Waals surface area contributed by atoms with Crippen LogP contribution in [-0.4, -0.2) is 23.5 Å². The Kier molecular flexibility index (Phi) is 13.1.